The van der Waals surface area contributed by atoms with Crippen LogP contribution in [0.1, 0.15) is 28.7 Å². The second-order valence-corrected chi connectivity index (χ2v) is 6.66. The molecule has 138 valence electrons. The molecule has 9 nitrogen and oxygen atoms in total. The van der Waals surface area contributed by atoms with E-state index in [1.807, 2.05) is 6.92 Å². The fourth-order valence-electron chi connectivity index (χ4n) is 3.20. The van der Waals surface area contributed by atoms with Crippen molar-refractivity contribution >= 4 is 11.8 Å². The van der Waals surface area contributed by atoms with E-state index in [1.165, 1.54) is 6.07 Å². The second-order valence-electron chi connectivity index (χ2n) is 6.66. The molecule has 0 radical (unpaired) electrons. The summed E-state index contributed by atoms with van der Waals surface area (Å²) in [4.78, 5) is 42.9. The fraction of sp³-hybridized carbons (Fsp3) is 0.471. The van der Waals surface area contributed by atoms with Crippen molar-refractivity contribution in [2.45, 2.75) is 26.3 Å². The first kappa shape index (κ1) is 17.8. The Kier molecular flexibility index (Phi) is 4.88. The number of aromatic amines is 1. The maximum Gasteiger partial charge on any atom is 0.254 e. The van der Waals surface area contributed by atoms with Crippen LogP contribution in [-0.2, 0) is 18.3 Å². The monoisotopic (exact) mass is 358 g/mol. The molecule has 9 heteroatoms. The predicted octanol–water partition coefficient (Wildman–Crippen LogP) is -0.273. The lowest BCUT2D eigenvalue weighted by Gasteiger charge is -2.40. The average Bonchev–Trinajstić information content (AvgIpc) is 2.98. The molecule has 1 fully saturated rings. The minimum absolute atomic E-state index is 0.0311. The highest BCUT2D eigenvalue weighted by Crippen LogP contribution is 2.15. The normalized spacial score (nSPS) is 17.4. The first-order chi connectivity index (χ1) is 12.3. The van der Waals surface area contributed by atoms with E-state index in [-0.39, 0.29) is 29.8 Å². The summed E-state index contributed by atoms with van der Waals surface area (Å²) in [7, 11) is 1.75. The maximum atomic E-state index is 12.7. The van der Waals surface area contributed by atoms with Crippen LogP contribution in [0, 0.1) is 6.92 Å². The Bertz CT molecular complexity index is 887. The molecule has 1 aliphatic rings. The third kappa shape index (κ3) is 3.81. The number of hydrogen-bond donors (Lipinski definition) is 1. The predicted molar refractivity (Wildman–Crippen MR) is 93.6 cm³/mol. The van der Waals surface area contributed by atoms with E-state index in [0.29, 0.717) is 36.6 Å². The number of piperazine rings is 1. The third-order valence-corrected chi connectivity index (χ3v) is 4.45. The zero-order valence-electron chi connectivity index (χ0n) is 15.1. The molecule has 0 aliphatic carbocycles. The molecule has 0 aromatic carbocycles. The molecular weight excluding hydrogens is 336 g/mol. The Morgan fingerprint density at radius 2 is 2.08 bits per heavy atom. The summed E-state index contributed by atoms with van der Waals surface area (Å²) in [6.07, 6.45) is 1.91. The number of pyridine rings is 1. The lowest BCUT2D eigenvalue weighted by Crippen LogP contribution is -2.55. The first-order valence-electron chi connectivity index (χ1n) is 8.48. The molecule has 2 aromatic rings. The number of rotatable bonds is 3. The number of nitrogens with zero attached hydrogens (tertiary/aromatic N) is 5. The average molecular weight is 358 g/mol. The van der Waals surface area contributed by atoms with Crippen molar-refractivity contribution in [1.29, 1.82) is 0 Å². The maximum absolute atomic E-state index is 12.7. The van der Waals surface area contributed by atoms with E-state index in [9.17, 15) is 14.4 Å². The Labute approximate surface area is 150 Å². The van der Waals surface area contributed by atoms with Gasteiger partial charge >= 0.3 is 0 Å². The van der Waals surface area contributed by atoms with E-state index in [4.69, 9.17) is 0 Å². The van der Waals surface area contributed by atoms with Gasteiger partial charge < -0.3 is 14.8 Å². The first-order valence-corrected chi connectivity index (χ1v) is 8.48. The molecule has 1 unspecified atom stereocenters. The molecule has 2 amide bonds. The summed E-state index contributed by atoms with van der Waals surface area (Å²) < 4.78 is 1.56. The molecule has 26 heavy (non-hydrogen) atoms. The van der Waals surface area contributed by atoms with Crippen LogP contribution < -0.4 is 5.56 Å². The molecule has 3 heterocycles. The number of amides is 2. The molecule has 2 aromatic heterocycles. The van der Waals surface area contributed by atoms with E-state index in [2.05, 4.69) is 15.3 Å². The van der Waals surface area contributed by atoms with Crippen LogP contribution in [0.4, 0.5) is 0 Å². The van der Waals surface area contributed by atoms with Crippen LogP contribution in [0.2, 0.25) is 0 Å². The number of nitrogens with one attached hydrogen (secondary N) is 1. The number of aromatic nitrogens is 4. The molecule has 1 N–H and O–H groups in total. The molecule has 0 bridgehead atoms. The molecule has 3 rings (SSSR count). The number of carbonyl (C=O) groups is 2. The standard InChI is InChI=1S/C17H22N6O3/c1-11-6-13(7-15(24)18-11)17(26)23-5-4-22(9-12(23)2)16(25)8-14-10-21(3)20-19-14/h6-7,10,12H,4-5,8-9H2,1-3H3,(H,18,24). The summed E-state index contributed by atoms with van der Waals surface area (Å²) in [5.74, 6) is -0.218. The second kappa shape index (κ2) is 7.11. The Morgan fingerprint density at radius 3 is 2.69 bits per heavy atom. The van der Waals surface area contributed by atoms with Gasteiger partial charge in [0, 0.05) is 56.2 Å². The zero-order valence-corrected chi connectivity index (χ0v) is 15.1. The van der Waals surface area contributed by atoms with E-state index < -0.39 is 0 Å². The zero-order chi connectivity index (χ0) is 18.8. The van der Waals surface area contributed by atoms with Crippen LogP contribution in [0.25, 0.3) is 0 Å². The van der Waals surface area contributed by atoms with Crippen molar-refractivity contribution in [3.63, 3.8) is 0 Å². The lowest BCUT2D eigenvalue weighted by molar-refractivity contribution is -0.132. The van der Waals surface area contributed by atoms with E-state index in [1.54, 1.807) is 40.7 Å². The van der Waals surface area contributed by atoms with Crippen LogP contribution >= 0.6 is 0 Å². The molecule has 1 aliphatic heterocycles. The largest absolute Gasteiger partial charge is 0.339 e. The van der Waals surface area contributed by atoms with Crippen molar-refractivity contribution in [2.24, 2.45) is 7.05 Å². The van der Waals surface area contributed by atoms with Crippen molar-refractivity contribution in [1.82, 2.24) is 29.8 Å². The van der Waals surface area contributed by atoms with Crippen LogP contribution in [0.3, 0.4) is 0 Å². The van der Waals surface area contributed by atoms with Gasteiger partial charge in [0.2, 0.25) is 11.5 Å². The third-order valence-electron chi connectivity index (χ3n) is 4.45. The van der Waals surface area contributed by atoms with Crippen molar-refractivity contribution in [3.8, 4) is 0 Å². The van der Waals surface area contributed by atoms with Gasteiger partial charge in [-0.3, -0.25) is 19.1 Å². The topological polar surface area (TPSA) is 104 Å². The van der Waals surface area contributed by atoms with Gasteiger partial charge in [0.05, 0.1) is 12.1 Å². The summed E-state index contributed by atoms with van der Waals surface area (Å²) in [6.45, 7) is 4.98. The highest BCUT2D eigenvalue weighted by atomic mass is 16.2. The Morgan fingerprint density at radius 1 is 1.31 bits per heavy atom. The number of carbonyl (C=O) groups excluding carboxylic acids is 2. The molecule has 1 saturated heterocycles. The molecular formula is C17H22N6O3. The van der Waals surface area contributed by atoms with Crippen LogP contribution in [-0.4, -0.2) is 67.3 Å². The van der Waals surface area contributed by atoms with Gasteiger partial charge in [0.15, 0.2) is 0 Å². The van der Waals surface area contributed by atoms with E-state index >= 15 is 0 Å². The summed E-state index contributed by atoms with van der Waals surface area (Å²) >= 11 is 0. The summed E-state index contributed by atoms with van der Waals surface area (Å²) in [5.41, 5.74) is 1.35. The van der Waals surface area contributed by atoms with Crippen molar-refractivity contribution < 1.29 is 9.59 Å². The van der Waals surface area contributed by atoms with Gasteiger partial charge in [-0.15, -0.1) is 5.10 Å². The quantitative estimate of drug-likeness (QED) is 0.813. The van der Waals surface area contributed by atoms with Crippen LogP contribution in [0.5, 0.6) is 0 Å². The van der Waals surface area contributed by atoms with Gasteiger partial charge in [0.1, 0.15) is 0 Å². The van der Waals surface area contributed by atoms with Gasteiger partial charge in [-0.1, -0.05) is 5.21 Å². The van der Waals surface area contributed by atoms with Gasteiger partial charge in [-0.2, -0.15) is 0 Å². The minimum Gasteiger partial charge on any atom is -0.339 e. The molecule has 0 saturated carbocycles. The summed E-state index contributed by atoms with van der Waals surface area (Å²) in [6, 6.07) is 2.84. The van der Waals surface area contributed by atoms with Gasteiger partial charge in [0.25, 0.3) is 5.91 Å². The Balaban J connectivity index is 1.65. The van der Waals surface area contributed by atoms with Crippen LogP contribution in [0.15, 0.2) is 23.1 Å². The highest BCUT2D eigenvalue weighted by Gasteiger charge is 2.30. The van der Waals surface area contributed by atoms with Crippen molar-refractivity contribution in [2.75, 3.05) is 19.6 Å². The minimum atomic E-state index is -0.293. The van der Waals surface area contributed by atoms with Crippen molar-refractivity contribution in [3.05, 3.63) is 45.6 Å². The van der Waals surface area contributed by atoms with E-state index in [0.717, 1.165) is 0 Å². The van der Waals surface area contributed by atoms with Gasteiger partial charge in [-0.05, 0) is 19.9 Å². The summed E-state index contributed by atoms with van der Waals surface area (Å²) in [5, 5.41) is 7.77. The number of aryl methyl sites for hydroxylation is 2. The molecule has 0 spiro atoms. The number of H-pyrrole nitrogens is 1. The SMILES string of the molecule is Cc1cc(C(=O)N2CCN(C(=O)Cc3cn(C)nn3)CC2C)cc(=O)[nH]1. The Hall–Kier alpha value is -2.97. The number of hydrogen-bond acceptors (Lipinski definition) is 5. The fourth-order valence-corrected chi connectivity index (χ4v) is 3.20. The smallest absolute Gasteiger partial charge is 0.254 e. The highest BCUT2D eigenvalue weighted by molar-refractivity contribution is 5.94. The van der Waals surface area contributed by atoms with Gasteiger partial charge in [-0.25, -0.2) is 0 Å². The lowest BCUT2D eigenvalue weighted by atomic mass is 10.1. The molecule has 1 atom stereocenters.